The van der Waals surface area contributed by atoms with E-state index in [2.05, 4.69) is 20.4 Å². The van der Waals surface area contributed by atoms with Gasteiger partial charge in [-0.05, 0) is 18.9 Å². The lowest BCUT2D eigenvalue weighted by molar-refractivity contribution is -0.129. The molecule has 1 atom stereocenters. The van der Waals surface area contributed by atoms with Crippen LogP contribution in [0.3, 0.4) is 0 Å². The first-order valence-corrected chi connectivity index (χ1v) is 7.96. The summed E-state index contributed by atoms with van der Waals surface area (Å²) in [5, 5.41) is 15.6. The Labute approximate surface area is 127 Å². The van der Waals surface area contributed by atoms with Gasteiger partial charge in [-0.25, -0.2) is 0 Å². The summed E-state index contributed by atoms with van der Waals surface area (Å²) in [5.74, 6) is 0.930. The maximum absolute atomic E-state index is 12.3. The molecule has 0 aliphatic carbocycles. The van der Waals surface area contributed by atoms with Gasteiger partial charge in [-0.3, -0.25) is 9.89 Å². The Morgan fingerprint density at radius 3 is 3.19 bits per heavy atom. The van der Waals surface area contributed by atoms with E-state index in [0.717, 1.165) is 36.8 Å². The molecule has 3 heterocycles. The number of hydrogen-bond donors (Lipinski definition) is 1. The van der Waals surface area contributed by atoms with Crippen molar-refractivity contribution in [3.63, 3.8) is 0 Å². The first-order valence-electron chi connectivity index (χ1n) is 6.98. The zero-order valence-corrected chi connectivity index (χ0v) is 12.7. The van der Waals surface area contributed by atoms with Crippen LogP contribution in [-0.4, -0.2) is 54.6 Å². The lowest BCUT2D eigenvalue weighted by atomic mass is 9.95. The third-order valence-corrected chi connectivity index (χ3v) is 4.75. The molecule has 8 heteroatoms. The molecule has 1 aliphatic rings. The minimum atomic E-state index is 0.159. The van der Waals surface area contributed by atoms with E-state index in [9.17, 15) is 4.79 Å². The van der Waals surface area contributed by atoms with Gasteiger partial charge in [-0.1, -0.05) is 11.8 Å². The van der Waals surface area contributed by atoms with E-state index in [1.165, 1.54) is 11.8 Å². The molecule has 1 aliphatic heterocycles. The van der Waals surface area contributed by atoms with Gasteiger partial charge in [0.15, 0.2) is 5.16 Å². The van der Waals surface area contributed by atoms with Crippen molar-refractivity contribution in [2.75, 3.05) is 18.8 Å². The van der Waals surface area contributed by atoms with Gasteiger partial charge in [0.25, 0.3) is 0 Å². The Morgan fingerprint density at radius 1 is 1.57 bits per heavy atom. The highest BCUT2D eigenvalue weighted by Gasteiger charge is 2.25. The minimum absolute atomic E-state index is 0.159. The lowest BCUT2D eigenvalue weighted by Crippen LogP contribution is -2.40. The van der Waals surface area contributed by atoms with Crippen LogP contribution >= 0.6 is 11.8 Å². The van der Waals surface area contributed by atoms with Crippen molar-refractivity contribution in [2.45, 2.75) is 23.9 Å². The van der Waals surface area contributed by atoms with Gasteiger partial charge in [-0.2, -0.15) is 5.10 Å². The van der Waals surface area contributed by atoms with E-state index in [-0.39, 0.29) is 5.91 Å². The number of aromatic nitrogens is 5. The van der Waals surface area contributed by atoms with Crippen LogP contribution in [0.1, 0.15) is 24.5 Å². The number of H-pyrrole nitrogens is 1. The summed E-state index contributed by atoms with van der Waals surface area (Å²) < 4.78 is 1.82. The molecule has 1 N–H and O–H groups in total. The second-order valence-corrected chi connectivity index (χ2v) is 6.15. The summed E-state index contributed by atoms with van der Waals surface area (Å²) in [6.07, 6.45) is 5.54. The number of nitrogens with zero attached hydrogens (tertiary/aromatic N) is 5. The Hall–Kier alpha value is -1.83. The number of nitrogens with one attached hydrogen (secondary N) is 1. The fourth-order valence-electron chi connectivity index (χ4n) is 2.57. The number of carbonyl (C=O) groups excluding carboxylic acids is 1. The Morgan fingerprint density at radius 2 is 2.48 bits per heavy atom. The zero-order chi connectivity index (χ0) is 14.7. The van der Waals surface area contributed by atoms with E-state index in [4.69, 9.17) is 0 Å². The standard InChI is InChI=1S/C13H18N6OS/c1-18-9-15-17-13(18)21-8-12(20)19-6-2-3-10(7-19)11-4-5-14-16-11/h4-5,9-10H,2-3,6-8H2,1H3,(H,14,16). The summed E-state index contributed by atoms with van der Waals surface area (Å²) in [4.78, 5) is 14.3. The zero-order valence-electron chi connectivity index (χ0n) is 11.9. The number of aromatic amines is 1. The maximum Gasteiger partial charge on any atom is 0.233 e. The summed E-state index contributed by atoms with van der Waals surface area (Å²) in [6, 6.07) is 1.99. The molecule has 0 radical (unpaired) electrons. The number of amides is 1. The second kappa shape index (κ2) is 6.30. The average molecular weight is 306 g/mol. The minimum Gasteiger partial charge on any atom is -0.341 e. The largest absolute Gasteiger partial charge is 0.341 e. The number of aryl methyl sites for hydroxylation is 1. The van der Waals surface area contributed by atoms with Gasteiger partial charge >= 0.3 is 0 Å². The molecule has 21 heavy (non-hydrogen) atoms. The normalized spacial score (nSPS) is 18.9. The summed E-state index contributed by atoms with van der Waals surface area (Å²) in [6.45, 7) is 1.60. The molecule has 2 aromatic heterocycles. The molecule has 3 rings (SSSR count). The summed E-state index contributed by atoms with van der Waals surface area (Å²) in [5.41, 5.74) is 1.12. The smallest absolute Gasteiger partial charge is 0.233 e. The van der Waals surface area contributed by atoms with E-state index in [1.54, 1.807) is 12.5 Å². The van der Waals surface area contributed by atoms with Crippen molar-refractivity contribution >= 4 is 17.7 Å². The SMILES string of the molecule is Cn1cnnc1SCC(=O)N1CCCC(c2ccn[nH]2)C1. The van der Waals surface area contributed by atoms with E-state index >= 15 is 0 Å². The predicted molar refractivity (Wildman–Crippen MR) is 78.9 cm³/mol. The third kappa shape index (κ3) is 3.26. The molecule has 0 spiro atoms. The monoisotopic (exact) mass is 306 g/mol. The van der Waals surface area contributed by atoms with Crippen molar-refractivity contribution in [3.8, 4) is 0 Å². The molecule has 1 amide bonds. The van der Waals surface area contributed by atoms with Crippen LogP contribution in [-0.2, 0) is 11.8 Å². The fourth-order valence-corrected chi connectivity index (χ4v) is 3.36. The van der Waals surface area contributed by atoms with Gasteiger partial charge in [0.05, 0.1) is 5.75 Å². The molecule has 0 saturated carbocycles. The quantitative estimate of drug-likeness (QED) is 0.854. The number of carbonyl (C=O) groups is 1. The number of likely N-dealkylation sites (tertiary alicyclic amines) is 1. The van der Waals surface area contributed by atoms with Crippen molar-refractivity contribution in [1.82, 2.24) is 29.9 Å². The Balaban J connectivity index is 1.56. The van der Waals surface area contributed by atoms with Crippen LogP contribution in [0.5, 0.6) is 0 Å². The fraction of sp³-hybridized carbons (Fsp3) is 0.538. The summed E-state index contributed by atoms with van der Waals surface area (Å²) >= 11 is 1.43. The van der Waals surface area contributed by atoms with Gasteiger partial charge in [-0.15, -0.1) is 10.2 Å². The molecular formula is C13H18N6OS. The van der Waals surface area contributed by atoms with Crippen LogP contribution in [0, 0.1) is 0 Å². The molecule has 7 nitrogen and oxygen atoms in total. The molecule has 0 bridgehead atoms. The molecule has 112 valence electrons. The van der Waals surface area contributed by atoms with Crippen LogP contribution in [0.25, 0.3) is 0 Å². The summed E-state index contributed by atoms with van der Waals surface area (Å²) in [7, 11) is 1.88. The maximum atomic E-state index is 12.3. The first-order chi connectivity index (χ1) is 10.2. The molecule has 0 aromatic carbocycles. The second-order valence-electron chi connectivity index (χ2n) is 5.20. The van der Waals surface area contributed by atoms with Gasteiger partial charge in [0.2, 0.25) is 5.91 Å². The first kappa shape index (κ1) is 14.1. The Kier molecular flexibility index (Phi) is 4.23. The van der Waals surface area contributed by atoms with Crippen LogP contribution < -0.4 is 0 Å². The predicted octanol–water partition coefficient (Wildman–Crippen LogP) is 1.04. The molecular weight excluding hydrogens is 288 g/mol. The lowest BCUT2D eigenvalue weighted by Gasteiger charge is -2.32. The van der Waals surface area contributed by atoms with Crippen LogP contribution in [0.2, 0.25) is 0 Å². The van der Waals surface area contributed by atoms with E-state index < -0.39 is 0 Å². The molecule has 1 unspecified atom stereocenters. The van der Waals surface area contributed by atoms with Crippen molar-refractivity contribution in [1.29, 1.82) is 0 Å². The van der Waals surface area contributed by atoms with Gasteiger partial charge in [0, 0.05) is 37.9 Å². The highest BCUT2D eigenvalue weighted by atomic mass is 32.2. The van der Waals surface area contributed by atoms with Crippen molar-refractivity contribution < 1.29 is 4.79 Å². The average Bonchev–Trinajstić information content (AvgIpc) is 3.16. The van der Waals surface area contributed by atoms with Crippen LogP contribution in [0.15, 0.2) is 23.7 Å². The molecule has 1 fully saturated rings. The van der Waals surface area contributed by atoms with E-state index in [1.807, 2.05) is 22.6 Å². The highest BCUT2D eigenvalue weighted by Crippen LogP contribution is 2.26. The third-order valence-electron chi connectivity index (χ3n) is 3.73. The topological polar surface area (TPSA) is 79.7 Å². The van der Waals surface area contributed by atoms with Gasteiger partial charge in [0.1, 0.15) is 6.33 Å². The highest BCUT2D eigenvalue weighted by molar-refractivity contribution is 7.99. The number of piperidine rings is 1. The number of hydrogen-bond acceptors (Lipinski definition) is 5. The Bertz CT molecular complexity index is 596. The number of rotatable bonds is 4. The van der Waals surface area contributed by atoms with Crippen molar-refractivity contribution in [3.05, 3.63) is 24.3 Å². The van der Waals surface area contributed by atoms with Gasteiger partial charge < -0.3 is 9.47 Å². The van der Waals surface area contributed by atoms with E-state index in [0.29, 0.717) is 11.7 Å². The van der Waals surface area contributed by atoms with Crippen molar-refractivity contribution in [2.24, 2.45) is 7.05 Å². The van der Waals surface area contributed by atoms with Crippen LogP contribution in [0.4, 0.5) is 0 Å². The number of thioether (sulfide) groups is 1. The molecule has 1 saturated heterocycles. The molecule has 2 aromatic rings.